The van der Waals surface area contributed by atoms with Crippen molar-refractivity contribution in [3.8, 4) is 11.1 Å². The maximum Gasteiger partial charge on any atom is 0.295 e. The second-order valence-electron chi connectivity index (χ2n) is 8.04. The van der Waals surface area contributed by atoms with Crippen LogP contribution in [0.2, 0.25) is 5.15 Å². The highest BCUT2D eigenvalue weighted by molar-refractivity contribution is 6.45. The van der Waals surface area contributed by atoms with Crippen molar-refractivity contribution in [2.24, 2.45) is 0 Å². The minimum absolute atomic E-state index is 0.234. The Balaban J connectivity index is 1.34. The van der Waals surface area contributed by atoms with E-state index in [4.69, 9.17) is 11.6 Å². The summed E-state index contributed by atoms with van der Waals surface area (Å²) < 4.78 is 0. The minimum atomic E-state index is -0.626. The fourth-order valence-corrected chi connectivity index (χ4v) is 4.60. The van der Waals surface area contributed by atoms with E-state index in [2.05, 4.69) is 9.97 Å². The lowest BCUT2D eigenvalue weighted by Gasteiger charge is -2.36. The summed E-state index contributed by atoms with van der Waals surface area (Å²) in [4.78, 5) is 60.8. The number of H-pyrrole nitrogens is 1. The number of carbonyl (C=O) groups excluding carboxylic acids is 2. The normalized spacial score (nSPS) is 14.2. The molecule has 0 aliphatic carbocycles. The number of aromatic nitrogens is 2. The number of benzene rings is 1. The molecule has 3 heterocycles. The molecule has 1 amide bonds. The van der Waals surface area contributed by atoms with Gasteiger partial charge in [0.1, 0.15) is 5.69 Å². The molecule has 4 aromatic rings. The van der Waals surface area contributed by atoms with E-state index in [-0.39, 0.29) is 23.8 Å². The van der Waals surface area contributed by atoms with Gasteiger partial charge in [0.15, 0.2) is 5.15 Å². The molecule has 0 atom stereocenters. The molecule has 0 saturated carbocycles. The number of piperazine rings is 1. The Labute approximate surface area is 193 Å². The van der Waals surface area contributed by atoms with Gasteiger partial charge in [-0.05, 0) is 18.1 Å². The summed E-state index contributed by atoms with van der Waals surface area (Å²) in [5, 5.41) is 0.821. The second kappa shape index (κ2) is 7.97. The van der Waals surface area contributed by atoms with Gasteiger partial charge in [-0.15, -0.1) is 0 Å². The molecule has 8 nitrogen and oxygen atoms in total. The Morgan fingerprint density at radius 1 is 1.03 bits per heavy atom. The first kappa shape index (κ1) is 21.1. The summed E-state index contributed by atoms with van der Waals surface area (Å²) in [5.74, 6) is -1.24. The first-order chi connectivity index (χ1) is 15.9. The number of hydrogen-bond acceptors (Lipinski definition) is 6. The molecular formula is C24H19ClN4O4. The van der Waals surface area contributed by atoms with E-state index in [9.17, 15) is 19.2 Å². The highest BCUT2D eigenvalue weighted by Gasteiger charge is 2.33. The zero-order valence-corrected chi connectivity index (χ0v) is 18.5. The summed E-state index contributed by atoms with van der Waals surface area (Å²) in [6.45, 7) is 3.04. The maximum atomic E-state index is 13.0. The van der Waals surface area contributed by atoms with Gasteiger partial charge < -0.3 is 14.8 Å². The van der Waals surface area contributed by atoms with Crippen LogP contribution < -0.4 is 15.8 Å². The van der Waals surface area contributed by atoms with Crippen molar-refractivity contribution >= 4 is 39.9 Å². The van der Waals surface area contributed by atoms with Crippen LogP contribution in [0.15, 0.2) is 52.3 Å². The maximum absolute atomic E-state index is 13.0. The molecule has 1 fully saturated rings. The molecule has 33 heavy (non-hydrogen) atoms. The van der Waals surface area contributed by atoms with E-state index in [1.807, 2.05) is 23.1 Å². The minimum Gasteiger partial charge on any atom is -0.364 e. The van der Waals surface area contributed by atoms with E-state index in [0.29, 0.717) is 40.8 Å². The Hall–Kier alpha value is -3.78. The Kier molecular flexibility index (Phi) is 5.09. The number of ketones is 1. The highest BCUT2D eigenvalue weighted by atomic mass is 35.5. The van der Waals surface area contributed by atoms with Crippen LogP contribution in [-0.4, -0.2) is 52.7 Å². The number of fused-ring (bicyclic) bond motifs is 1. The molecule has 1 aliphatic rings. The lowest BCUT2D eigenvalue weighted by Crippen LogP contribution is -2.54. The third-order valence-corrected chi connectivity index (χ3v) is 6.41. The molecule has 5 rings (SSSR count). The third-order valence-electron chi connectivity index (χ3n) is 6.12. The van der Waals surface area contributed by atoms with Gasteiger partial charge in [0.2, 0.25) is 10.9 Å². The molecule has 1 aliphatic heterocycles. The van der Waals surface area contributed by atoms with Crippen molar-refractivity contribution in [2.45, 2.75) is 6.92 Å². The number of carbonyl (C=O) groups is 2. The predicted molar refractivity (Wildman–Crippen MR) is 126 cm³/mol. The SMILES string of the molecule is Cc1cnc(Cl)c2[nH]cc(C(=O)C(=O)N3CCN(c4c(-c5ccccc5)c(=O)c4=O)CC3)c12. The summed E-state index contributed by atoms with van der Waals surface area (Å²) in [5.41, 5.74) is 2.02. The smallest absolute Gasteiger partial charge is 0.295 e. The van der Waals surface area contributed by atoms with Crippen LogP contribution in [0.5, 0.6) is 0 Å². The standard InChI is InChI=1S/C24H19ClN4O4/c1-13-11-27-23(25)18-16(13)15(12-26-18)20(30)24(33)29-9-7-28(8-10-29)19-17(21(31)22(19)32)14-5-3-2-4-6-14/h2-6,11-12,26H,7-10H2,1H3. The topological polar surface area (TPSA) is 103 Å². The number of aryl methyl sites for hydroxylation is 1. The van der Waals surface area contributed by atoms with Gasteiger partial charge in [-0.2, -0.15) is 0 Å². The number of aromatic amines is 1. The van der Waals surface area contributed by atoms with Gasteiger partial charge in [0, 0.05) is 44.0 Å². The molecule has 0 spiro atoms. The fourth-order valence-electron chi connectivity index (χ4n) is 4.40. The Morgan fingerprint density at radius 2 is 1.73 bits per heavy atom. The van der Waals surface area contributed by atoms with Crippen LogP contribution in [0, 0.1) is 6.92 Å². The van der Waals surface area contributed by atoms with Gasteiger partial charge >= 0.3 is 0 Å². The first-order valence-electron chi connectivity index (χ1n) is 10.5. The van der Waals surface area contributed by atoms with E-state index in [1.165, 1.54) is 11.1 Å². The number of rotatable bonds is 4. The monoisotopic (exact) mass is 462 g/mol. The zero-order chi connectivity index (χ0) is 23.3. The molecule has 9 heteroatoms. The van der Waals surface area contributed by atoms with Crippen LogP contribution >= 0.6 is 11.6 Å². The number of Topliss-reactive ketones (excluding diaryl/α,β-unsaturated/α-hetero) is 1. The Bertz CT molecular complexity index is 1480. The largest absolute Gasteiger partial charge is 0.364 e. The van der Waals surface area contributed by atoms with Crippen LogP contribution in [-0.2, 0) is 4.79 Å². The number of amides is 1. The molecule has 1 N–H and O–H groups in total. The number of pyridine rings is 1. The number of nitrogens with zero attached hydrogens (tertiary/aromatic N) is 3. The van der Waals surface area contributed by atoms with Crippen molar-refractivity contribution < 1.29 is 9.59 Å². The van der Waals surface area contributed by atoms with Crippen LogP contribution in [0.3, 0.4) is 0 Å². The first-order valence-corrected chi connectivity index (χ1v) is 10.9. The van der Waals surface area contributed by atoms with Crippen LogP contribution in [0.4, 0.5) is 5.69 Å². The molecule has 166 valence electrons. The van der Waals surface area contributed by atoms with Gasteiger partial charge in [0.05, 0.1) is 16.6 Å². The van der Waals surface area contributed by atoms with Crippen molar-refractivity contribution in [2.75, 3.05) is 31.1 Å². The van der Waals surface area contributed by atoms with Gasteiger partial charge in [0.25, 0.3) is 11.7 Å². The van der Waals surface area contributed by atoms with Crippen LogP contribution in [0.1, 0.15) is 15.9 Å². The van der Waals surface area contributed by atoms with Crippen molar-refractivity contribution in [1.29, 1.82) is 0 Å². The van der Waals surface area contributed by atoms with Crippen molar-refractivity contribution in [3.05, 3.63) is 79.5 Å². The van der Waals surface area contributed by atoms with E-state index < -0.39 is 22.5 Å². The van der Waals surface area contributed by atoms with Gasteiger partial charge in [-0.3, -0.25) is 19.2 Å². The van der Waals surface area contributed by atoms with Crippen molar-refractivity contribution in [1.82, 2.24) is 14.9 Å². The molecule has 0 radical (unpaired) electrons. The molecule has 2 aromatic carbocycles. The molecule has 0 bridgehead atoms. The number of nitrogens with one attached hydrogen (secondary N) is 1. The van der Waals surface area contributed by atoms with Crippen molar-refractivity contribution in [3.63, 3.8) is 0 Å². The molecule has 1 saturated heterocycles. The summed E-state index contributed by atoms with van der Waals surface area (Å²) in [6.07, 6.45) is 3.05. The average molecular weight is 463 g/mol. The number of anilines is 1. The lowest BCUT2D eigenvalue weighted by atomic mass is 9.97. The fraction of sp³-hybridized carbons (Fsp3) is 0.208. The predicted octanol–water partition coefficient (Wildman–Crippen LogP) is 2.32. The highest BCUT2D eigenvalue weighted by Crippen LogP contribution is 2.29. The molecular weight excluding hydrogens is 444 g/mol. The van der Waals surface area contributed by atoms with E-state index in [0.717, 1.165) is 5.56 Å². The zero-order valence-electron chi connectivity index (χ0n) is 17.7. The second-order valence-corrected chi connectivity index (χ2v) is 8.40. The average Bonchev–Trinajstić information content (AvgIpc) is 3.30. The lowest BCUT2D eigenvalue weighted by molar-refractivity contribution is -0.126. The molecule has 2 aromatic heterocycles. The third kappa shape index (κ3) is 3.34. The Morgan fingerprint density at radius 3 is 2.42 bits per heavy atom. The van der Waals surface area contributed by atoms with Gasteiger partial charge in [-0.25, -0.2) is 4.98 Å². The summed E-state index contributed by atoms with van der Waals surface area (Å²) in [7, 11) is 0. The van der Waals surface area contributed by atoms with E-state index >= 15 is 0 Å². The number of hydrogen-bond donors (Lipinski definition) is 1. The summed E-state index contributed by atoms with van der Waals surface area (Å²) in [6, 6.07) is 9.06. The number of halogens is 1. The van der Waals surface area contributed by atoms with Crippen LogP contribution in [0.25, 0.3) is 22.0 Å². The quantitative estimate of drug-likeness (QED) is 0.283. The van der Waals surface area contributed by atoms with E-state index in [1.54, 1.807) is 25.3 Å². The molecule has 0 unspecified atom stereocenters. The van der Waals surface area contributed by atoms with Gasteiger partial charge in [-0.1, -0.05) is 41.9 Å². The summed E-state index contributed by atoms with van der Waals surface area (Å²) >= 11 is 6.11.